The molecule has 0 spiro atoms. The molecule has 0 N–H and O–H groups in total. The standard InChI is InChI=1S/C7H8.Ag.HO8P3/c1-7-5-3-2-4-6-7;;1-9(2)7-11(5,6)8-10(3)4/h2-6H,1H3;;(H,5,6)/p-1. The van der Waals surface area contributed by atoms with Gasteiger partial charge < -0.3 is 14.7 Å². The molecule has 1 aromatic rings. The molecule has 0 aliphatic heterocycles. The maximum absolute atomic E-state index is 10.1. The van der Waals surface area contributed by atoms with Gasteiger partial charge in [0.15, 0.2) is 0 Å². The van der Waals surface area contributed by atoms with Gasteiger partial charge in [-0.05, 0) is 16.1 Å². The van der Waals surface area contributed by atoms with Crippen molar-refractivity contribution in [1.82, 2.24) is 0 Å². The SMILES string of the molecule is Cc1ccccc1.O=[P+]([O-])OP(=O)([O-])O[P+](=O)[O-].[Ag]. The van der Waals surface area contributed by atoms with E-state index in [-0.39, 0.29) is 22.4 Å². The Balaban J connectivity index is 0. The van der Waals surface area contributed by atoms with Crippen LogP contribution in [0.4, 0.5) is 0 Å². The summed E-state index contributed by atoms with van der Waals surface area (Å²) in [5.41, 5.74) is 1.32. The summed E-state index contributed by atoms with van der Waals surface area (Å²) >= 11 is 0. The third-order valence-electron chi connectivity index (χ3n) is 1.27. The van der Waals surface area contributed by atoms with E-state index in [0.29, 0.717) is 0 Å². The second kappa shape index (κ2) is 10.9. The number of rotatable bonds is 4. The third kappa shape index (κ3) is 14.4. The molecule has 0 fully saturated rings. The predicted octanol–water partition coefficient (Wildman–Crippen LogP) is 0.516. The van der Waals surface area contributed by atoms with Crippen LogP contribution in [-0.2, 0) is 44.7 Å². The van der Waals surface area contributed by atoms with Gasteiger partial charge in [-0.2, -0.15) is 0 Å². The Morgan fingerprint density at radius 1 is 1.05 bits per heavy atom. The van der Waals surface area contributed by atoms with Crippen molar-refractivity contribution >= 4 is 24.3 Å². The van der Waals surface area contributed by atoms with Gasteiger partial charge in [0.2, 0.25) is 0 Å². The monoisotopic (exact) mass is 420 g/mol. The van der Waals surface area contributed by atoms with Crippen molar-refractivity contribution in [2.45, 2.75) is 6.92 Å². The second-order valence-electron chi connectivity index (χ2n) is 2.71. The number of hydrogen-bond donors (Lipinski definition) is 0. The Kier molecular flexibility index (Phi) is 12.3. The zero-order valence-corrected chi connectivity index (χ0v) is 13.5. The third-order valence-corrected chi connectivity index (χ3v) is 3.94. The van der Waals surface area contributed by atoms with Crippen LogP contribution in [0.3, 0.4) is 0 Å². The van der Waals surface area contributed by atoms with E-state index in [9.17, 15) is 28.4 Å². The molecule has 0 amide bonds. The molecule has 0 bridgehead atoms. The van der Waals surface area contributed by atoms with Gasteiger partial charge in [-0.15, -0.1) is 0 Å². The first-order valence-electron chi connectivity index (χ1n) is 4.24. The molecular weight excluding hydrogens is 413 g/mol. The first kappa shape index (κ1) is 21.5. The van der Waals surface area contributed by atoms with E-state index in [4.69, 9.17) is 0 Å². The van der Waals surface area contributed by atoms with Crippen LogP contribution in [0.15, 0.2) is 30.3 Å². The molecule has 0 saturated heterocycles. The predicted molar refractivity (Wildman–Crippen MR) is 56.2 cm³/mol. The topological polar surface area (TPSA) is 139 Å². The summed E-state index contributed by atoms with van der Waals surface area (Å²) in [5.74, 6) is 0. The van der Waals surface area contributed by atoms with Gasteiger partial charge in [-0.25, -0.2) is 0 Å². The zero-order valence-electron chi connectivity index (χ0n) is 9.30. The average Bonchev–Trinajstić information content (AvgIpc) is 2.14. The van der Waals surface area contributed by atoms with E-state index < -0.39 is 24.3 Å². The van der Waals surface area contributed by atoms with E-state index in [0.717, 1.165) is 0 Å². The molecule has 1 radical (unpaired) electrons. The van der Waals surface area contributed by atoms with E-state index in [1.54, 1.807) is 0 Å². The van der Waals surface area contributed by atoms with Gasteiger partial charge in [0.05, 0.1) is 0 Å². The minimum absolute atomic E-state index is 0. The van der Waals surface area contributed by atoms with Crippen molar-refractivity contribution in [3.63, 3.8) is 0 Å². The minimum atomic E-state index is -5.25. The Labute approximate surface area is 126 Å². The summed E-state index contributed by atoms with van der Waals surface area (Å²) in [5, 5.41) is 0. The second-order valence-corrected chi connectivity index (χ2v) is 5.81. The van der Waals surface area contributed by atoms with Crippen LogP contribution in [0.25, 0.3) is 0 Å². The maximum Gasteiger partial charge on any atom is 0.496 e. The summed E-state index contributed by atoms with van der Waals surface area (Å²) in [6, 6.07) is 10.3. The molecular formula is C7H8AgO8P3-. The fourth-order valence-electron chi connectivity index (χ4n) is 0.713. The summed E-state index contributed by atoms with van der Waals surface area (Å²) < 4.78 is 35.4. The molecule has 2 atom stereocenters. The first-order chi connectivity index (χ1) is 8.23. The van der Waals surface area contributed by atoms with Crippen molar-refractivity contribution < 1.29 is 59.4 Å². The van der Waals surface area contributed by atoms with Crippen molar-refractivity contribution in [2.24, 2.45) is 0 Å². The molecule has 19 heavy (non-hydrogen) atoms. The maximum atomic E-state index is 10.1. The number of phosphoric acid groups is 1. The first-order valence-corrected chi connectivity index (χ1v) is 7.89. The molecule has 111 valence electrons. The summed E-state index contributed by atoms with van der Waals surface area (Å²) in [6.07, 6.45) is 0. The molecule has 8 nitrogen and oxygen atoms in total. The Hall–Kier alpha value is 0.190. The van der Waals surface area contributed by atoms with Crippen LogP contribution in [0.1, 0.15) is 5.56 Å². The molecule has 0 aliphatic carbocycles. The van der Waals surface area contributed by atoms with Gasteiger partial charge in [-0.3, -0.25) is 4.57 Å². The van der Waals surface area contributed by atoms with E-state index in [1.165, 1.54) is 5.56 Å². The van der Waals surface area contributed by atoms with Crippen molar-refractivity contribution in [2.75, 3.05) is 0 Å². The van der Waals surface area contributed by atoms with Crippen LogP contribution < -0.4 is 14.7 Å². The van der Waals surface area contributed by atoms with Gasteiger partial charge in [0.1, 0.15) is 0 Å². The molecule has 0 saturated carbocycles. The van der Waals surface area contributed by atoms with Crippen LogP contribution in [0.5, 0.6) is 0 Å². The summed E-state index contributed by atoms with van der Waals surface area (Å²) in [7, 11) is -12.6. The molecule has 1 aromatic carbocycles. The molecule has 0 heterocycles. The molecule has 1 rings (SSSR count). The molecule has 12 heteroatoms. The Morgan fingerprint density at radius 2 is 1.42 bits per heavy atom. The molecule has 2 unspecified atom stereocenters. The Morgan fingerprint density at radius 3 is 1.63 bits per heavy atom. The van der Waals surface area contributed by atoms with Crippen LogP contribution in [0.2, 0.25) is 0 Å². The summed E-state index contributed by atoms with van der Waals surface area (Å²) in [6.45, 7) is 2.08. The normalized spacial score (nSPS) is 14.1. The van der Waals surface area contributed by atoms with E-state index in [1.807, 2.05) is 18.2 Å². The smallest absolute Gasteiger partial charge is 0.496 e. The fraction of sp³-hybridized carbons (Fsp3) is 0.143. The van der Waals surface area contributed by atoms with Gasteiger partial charge in [0, 0.05) is 22.4 Å². The fourth-order valence-corrected chi connectivity index (χ4v) is 2.41. The quantitative estimate of drug-likeness (QED) is 0.507. The van der Waals surface area contributed by atoms with Crippen LogP contribution in [-0.4, -0.2) is 0 Å². The van der Waals surface area contributed by atoms with Gasteiger partial charge in [0.25, 0.3) is 0 Å². The minimum Gasteiger partial charge on any atom is -0.750 e. The number of hydrogen-bond acceptors (Lipinski definition) is 8. The van der Waals surface area contributed by atoms with Crippen LogP contribution in [0, 0.1) is 6.92 Å². The molecule has 0 aromatic heterocycles. The van der Waals surface area contributed by atoms with Crippen molar-refractivity contribution in [3.05, 3.63) is 35.9 Å². The molecule has 0 aliphatic rings. The van der Waals surface area contributed by atoms with E-state index >= 15 is 0 Å². The summed E-state index contributed by atoms with van der Waals surface area (Å²) in [4.78, 5) is 29.2. The largest absolute Gasteiger partial charge is 0.750 e. The van der Waals surface area contributed by atoms with Crippen molar-refractivity contribution in [1.29, 1.82) is 0 Å². The Bertz CT molecular complexity index is 433. The van der Waals surface area contributed by atoms with Crippen LogP contribution >= 0.6 is 24.3 Å². The zero-order chi connectivity index (χ0) is 14.2. The number of aryl methyl sites for hydroxylation is 1. The van der Waals surface area contributed by atoms with E-state index in [2.05, 4.69) is 27.7 Å². The number of benzene rings is 1. The van der Waals surface area contributed by atoms with Gasteiger partial charge in [-0.1, -0.05) is 44.5 Å². The van der Waals surface area contributed by atoms with Gasteiger partial charge >= 0.3 is 24.3 Å². The average molecular weight is 421 g/mol. The van der Waals surface area contributed by atoms with Crippen molar-refractivity contribution in [3.8, 4) is 0 Å².